The van der Waals surface area contributed by atoms with Gasteiger partial charge in [0.1, 0.15) is 0 Å². The van der Waals surface area contributed by atoms with E-state index in [0.717, 1.165) is 27.7 Å². The molecular formula is C19H16BrN3O3S. The van der Waals surface area contributed by atoms with Crippen molar-refractivity contribution >= 4 is 55.2 Å². The van der Waals surface area contributed by atoms with Gasteiger partial charge in [-0.05, 0) is 36.3 Å². The Morgan fingerprint density at radius 2 is 2.15 bits per heavy atom. The zero-order chi connectivity index (χ0) is 19.4. The van der Waals surface area contributed by atoms with Crippen LogP contribution in [0.2, 0.25) is 0 Å². The van der Waals surface area contributed by atoms with Gasteiger partial charge < -0.3 is 4.57 Å². The van der Waals surface area contributed by atoms with E-state index in [-0.39, 0.29) is 5.69 Å². The number of carbonyl (C=O) groups excluding carboxylic acids is 1. The van der Waals surface area contributed by atoms with Crippen LogP contribution in [-0.4, -0.2) is 15.4 Å². The van der Waals surface area contributed by atoms with E-state index in [9.17, 15) is 14.9 Å². The van der Waals surface area contributed by atoms with Crippen LogP contribution in [0.5, 0.6) is 0 Å². The van der Waals surface area contributed by atoms with Crippen LogP contribution in [0.1, 0.15) is 18.9 Å². The van der Waals surface area contributed by atoms with Crippen molar-refractivity contribution in [3.8, 4) is 0 Å². The maximum atomic E-state index is 12.3. The van der Waals surface area contributed by atoms with E-state index in [4.69, 9.17) is 0 Å². The van der Waals surface area contributed by atoms with Crippen molar-refractivity contribution in [2.75, 3.05) is 0 Å². The highest BCUT2D eigenvalue weighted by Gasteiger charge is 2.07. The van der Waals surface area contributed by atoms with Crippen molar-refractivity contribution < 1.29 is 9.72 Å². The van der Waals surface area contributed by atoms with Crippen molar-refractivity contribution in [3.05, 3.63) is 73.5 Å². The van der Waals surface area contributed by atoms with Gasteiger partial charge in [0.2, 0.25) is 0 Å². The standard InChI is InChI=1S/C19H16BrN3O3S/c1-2-10-22-16-8-7-14(20)12-17(16)27-19(22)21-18(24)9-6-13-4-3-5-15(11-13)23(25)26/h3-9,11-12H,2,10H2,1H3/b9-6+,21-19?. The lowest BCUT2D eigenvalue weighted by atomic mass is 10.2. The highest BCUT2D eigenvalue weighted by Crippen LogP contribution is 2.22. The number of amides is 1. The topological polar surface area (TPSA) is 77.5 Å². The van der Waals surface area contributed by atoms with Crippen molar-refractivity contribution in [1.29, 1.82) is 0 Å². The van der Waals surface area contributed by atoms with E-state index in [0.29, 0.717) is 10.4 Å². The van der Waals surface area contributed by atoms with Gasteiger partial charge in [0, 0.05) is 29.2 Å². The summed E-state index contributed by atoms with van der Waals surface area (Å²) < 4.78 is 4.06. The number of nitro benzene ring substituents is 1. The third kappa shape index (κ3) is 4.58. The predicted octanol–water partition coefficient (Wildman–Crippen LogP) is 4.92. The molecule has 1 heterocycles. The summed E-state index contributed by atoms with van der Waals surface area (Å²) in [5.41, 5.74) is 1.60. The summed E-state index contributed by atoms with van der Waals surface area (Å²) in [6.45, 7) is 2.84. The van der Waals surface area contributed by atoms with Crippen molar-refractivity contribution in [3.63, 3.8) is 0 Å². The number of rotatable bonds is 5. The molecule has 0 spiro atoms. The van der Waals surface area contributed by atoms with Crippen LogP contribution in [0.25, 0.3) is 16.3 Å². The van der Waals surface area contributed by atoms with Crippen molar-refractivity contribution in [2.45, 2.75) is 19.9 Å². The molecule has 0 aliphatic heterocycles. The smallest absolute Gasteiger partial charge is 0.272 e. The maximum absolute atomic E-state index is 12.3. The molecular weight excluding hydrogens is 430 g/mol. The van der Waals surface area contributed by atoms with E-state index in [1.54, 1.807) is 12.1 Å². The molecule has 0 atom stereocenters. The summed E-state index contributed by atoms with van der Waals surface area (Å²) in [6, 6.07) is 12.1. The summed E-state index contributed by atoms with van der Waals surface area (Å²) in [5.74, 6) is -0.406. The van der Waals surface area contributed by atoms with Crippen LogP contribution in [0, 0.1) is 10.1 Å². The number of non-ortho nitro benzene ring substituents is 1. The van der Waals surface area contributed by atoms with E-state index in [1.165, 1.54) is 35.6 Å². The van der Waals surface area contributed by atoms with Gasteiger partial charge in [0.25, 0.3) is 11.6 Å². The predicted molar refractivity (Wildman–Crippen MR) is 111 cm³/mol. The molecule has 27 heavy (non-hydrogen) atoms. The minimum atomic E-state index is -0.466. The Kier molecular flexibility index (Phi) is 5.98. The number of halogens is 1. The minimum Gasteiger partial charge on any atom is -0.316 e. The first-order valence-electron chi connectivity index (χ1n) is 8.28. The maximum Gasteiger partial charge on any atom is 0.272 e. The highest BCUT2D eigenvalue weighted by molar-refractivity contribution is 9.10. The number of benzene rings is 2. The normalized spacial score (nSPS) is 12.1. The number of aryl methyl sites for hydroxylation is 1. The fourth-order valence-corrected chi connectivity index (χ4v) is 4.23. The quantitative estimate of drug-likeness (QED) is 0.317. The first-order valence-corrected chi connectivity index (χ1v) is 9.89. The van der Waals surface area contributed by atoms with Crippen LogP contribution in [0.3, 0.4) is 0 Å². The molecule has 1 amide bonds. The van der Waals surface area contributed by atoms with Gasteiger partial charge in [0.15, 0.2) is 4.80 Å². The molecule has 1 aromatic heterocycles. The molecule has 0 unspecified atom stereocenters. The summed E-state index contributed by atoms with van der Waals surface area (Å²) in [7, 11) is 0. The van der Waals surface area contributed by atoms with E-state index in [2.05, 4.69) is 27.8 Å². The third-order valence-corrected chi connectivity index (χ3v) is 5.33. The molecule has 0 radical (unpaired) electrons. The zero-order valence-corrected chi connectivity index (χ0v) is 16.9. The minimum absolute atomic E-state index is 0.0163. The SMILES string of the molecule is CCCn1c(=NC(=O)/C=C/c2cccc([N+](=O)[O-])c2)sc2cc(Br)ccc21. The number of hydrogen-bond acceptors (Lipinski definition) is 4. The molecule has 0 saturated heterocycles. The van der Waals surface area contributed by atoms with Crippen LogP contribution in [-0.2, 0) is 11.3 Å². The average Bonchev–Trinajstić information content (AvgIpc) is 2.97. The second-order valence-electron chi connectivity index (χ2n) is 5.78. The van der Waals surface area contributed by atoms with Crippen molar-refractivity contribution in [2.24, 2.45) is 4.99 Å². The van der Waals surface area contributed by atoms with E-state index in [1.807, 2.05) is 22.8 Å². The fraction of sp³-hybridized carbons (Fsp3) is 0.158. The van der Waals surface area contributed by atoms with Crippen LogP contribution < -0.4 is 4.80 Å². The Balaban J connectivity index is 1.94. The first-order chi connectivity index (χ1) is 13.0. The van der Waals surface area contributed by atoms with E-state index >= 15 is 0 Å². The lowest BCUT2D eigenvalue weighted by Gasteiger charge is -2.02. The Morgan fingerprint density at radius 3 is 2.89 bits per heavy atom. The van der Waals surface area contributed by atoms with Crippen LogP contribution in [0.15, 0.2) is 58.0 Å². The molecule has 0 fully saturated rings. The van der Waals surface area contributed by atoms with Gasteiger partial charge in [-0.15, -0.1) is 0 Å². The first kappa shape index (κ1) is 19.2. The molecule has 3 rings (SSSR count). The second kappa shape index (κ2) is 8.41. The monoisotopic (exact) mass is 445 g/mol. The third-order valence-electron chi connectivity index (χ3n) is 3.80. The van der Waals surface area contributed by atoms with Gasteiger partial charge in [-0.2, -0.15) is 4.99 Å². The van der Waals surface area contributed by atoms with Crippen LogP contribution in [0.4, 0.5) is 5.69 Å². The van der Waals surface area contributed by atoms with Gasteiger partial charge in [-0.3, -0.25) is 14.9 Å². The van der Waals surface area contributed by atoms with Crippen LogP contribution >= 0.6 is 27.3 Å². The number of hydrogen-bond donors (Lipinski definition) is 0. The molecule has 0 saturated carbocycles. The number of fused-ring (bicyclic) bond motifs is 1. The number of carbonyl (C=O) groups is 1. The van der Waals surface area contributed by atoms with Gasteiger partial charge in [0.05, 0.1) is 15.1 Å². The zero-order valence-electron chi connectivity index (χ0n) is 14.5. The molecule has 6 nitrogen and oxygen atoms in total. The Bertz CT molecular complexity index is 1110. The molecule has 0 bridgehead atoms. The lowest BCUT2D eigenvalue weighted by Crippen LogP contribution is -2.16. The van der Waals surface area contributed by atoms with Crippen molar-refractivity contribution in [1.82, 2.24) is 4.57 Å². The number of nitrogens with zero attached hydrogens (tertiary/aromatic N) is 3. The number of nitro groups is 1. The molecule has 2 aromatic carbocycles. The van der Waals surface area contributed by atoms with Gasteiger partial charge in [-0.25, -0.2) is 0 Å². The molecule has 0 N–H and O–H groups in total. The molecule has 0 aliphatic rings. The molecule has 8 heteroatoms. The molecule has 3 aromatic rings. The summed E-state index contributed by atoms with van der Waals surface area (Å²) in [4.78, 5) is 27.5. The molecule has 0 aliphatic carbocycles. The summed E-state index contributed by atoms with van der Waals surface area (Å²) in [6.07, 6.45) is 3.79. The second-order valence-corrected chi connectivity index (χ2v) is 7.71. The number of aromatic nitrogens is 1. The Morgan fingerprint density at radius 1 is 1.33 bits per heavy atom. The summed E-state index contributed by atoms with van der Waals surface area (Å²) >= 11 is 4.92. The molecule has 138 valence electrons. The highest BCUT2D eigenvalue weighted by atomic mass is 79.9. The summed E-state index contributed by atoms with van der Waals surface area (Å²) in [5, 5.41) is 10.8. The number of thiazole rings is 1. The van der Waals surface area contributed by atoms with Gasteiger partial charge >= 0.3 is 0 Å². The largest absolute Gasteiger partial charge is 0.316 e. The average molecular weight is 446 g/mol. The fourth-order valence-electron chi connectivity index (χ4n) is 2.61. The lowest BCUT2D eigenvalue weighted by molar-refractivity contribution is -0.384. The Hall–Kier alpha value is -2.58. The van der Waals surface area contributed by atoms with Gasteiger partial charge in [-0.1, -0.05) is 46.3 Å². The Labute approximate surface area is 167 Å². The van der Waals surface area contributed by atoms with E-state index < -0.39 is 10.8 Å².